The molecule has 3 rings (SSSR count). The summed E-state index contributed by atoms with van der Waals surface area (Å²) in [5.41, 5.74) is 0.836. The number of hydrogen-bond acceptors (Lipinski definition) is 3. The molecule has 0 aromatic rings. The van der Waals surface area contributed by atoms with Crippen molar-refractivity contribution in [3.63, 3.8) is 0 Å². The monoisotopic (exact) mass is 192 g/mol. The van der Waals surface area contributed by atoms with E-state index >= 15 is 0 Å². The summed E-state index contributed by atoms with van der Waals surface area (Å²) >= 11 is 1.67. The number of carbonyl (C=O) groups excluding carboxylic acids is 1. The molecule has 0 N–H and O–H groups in total. The van der Waals surface area contributed by atoms with Gasteiger partial charge in [0.1, 0.15) is 10.9 Å². The van der Waals surface area contributed by atoms with E-state index in [2.05, 4.69) is 6.08 Å². The SMILES string of the molecule is O=C1CSC23C=CC=CC2OC=C13. The predicted molar refractivity (Wildman–Crippen MR) is 51.4 cm³/mol. The molecule has 0 amide bonds. The third-order valence-electron chi connectivity index (χ3n) is 2.66. The molecule has 0 aromatic carbocycles. The van der Waals surface area contributed by atoms with Gasteiger partial charge in [-0.3, -0.25) is 4.79 Å². The summed E-state index contributed by atoms with van der Waals surface area (Å²) < 4.78 is 5.25. The standard InChI is InChI=1S/C10H8O2S/c11-8-6-13-10-4-2-1-3-9(10)12-5-7(8)10/h1-5,9H,6H2. The predicted octanol–water partition coefficient (Wildman–Crippen LogP) is 1.45. The van der Waals surface area contributed by atoms with Crippen molar-refractivity contribution in [3.8, 4) is 0 Å². The molecule has 0 aromatic heterocycles. The number of allylic oxidation sites excluding steroid dienone is 2. The third-order valence-corrected chi connectivity index (χ3v) is 4.13. The van der Waals surface area contributed by atoms with Gasteiger partial charge in [0.05, 0.1) is 17.6 Å². The van der Waals surface area contributed by atoms with Gasteiger partial charge in [0.15, 0.2) is 5.78 Å². The highest BCUT2D eigenvalue weighted by molar-refractivity contribution is 8.02. The summed E-state index contributed by atoms with van der Waals surface area (Å²) in [4.78, 5) is 11.5. The Morgan fingerprint density at radius 1 is 1.54 bits per heavy atom. The van der Waals surface area contributed by atoms with E-state index in [1.165, 1.54) is 0 Å². The lowest BCUT2D eigenvalue weighted by molar-refractivity contribution is -0.113. The van der Waals surface area contributed by atoms with Crippen LogP contribution in [0.25, 0.3) is 0 Å². The molecule has 13 heavy (non-hydrogen) atoms. The Morgan fingerprint density at radius 2 is 2.46 bits per heavy atom. The zero-order valence-corrected chi connectivity index (χ0v) is 7.71. The number of ketones is 1. The molecule has 2 nitrogen and oxygen atoms in total. The van der Waals surface area contributed by atoms with E-state index in [0.29, 0.717) is 5.75 Å². The van der Waals surface area contributed by atoms with Gasteiger partial charge in [0.2, 0.25) is 0 Å². The van der Waals surface area contributed by atoms with Crippen LogP contribution in [0.2, 0.25) is 0 Å². The van der Waals surface area contributed by atoms with Crippen LogP contribution in [0.15, 0.2) is 36.1 Å². The molecule has 2 unspecified atom stereocenters. The molecule has 3 heteroatoms. The minimum Gasteiger partial charge on any atom is -0.491 e. The molecule has 0 bridgehead atoms. The van der Waals surface area contributed by atoms with Crippen molar-refractivity contribution in [2.75, 3.05) is 5.75 Å². The number of ether oxygens (including phenoxy) is 1. The molecule has 3 aliphatic rings. The average Bonchev–Trinajstić information content (AvgIpc) is 2.65. The normalized spacial score (nSPS) is 39.8. The van der Waals surface area contributed by atoms with Crippen LogP contribution in [0.3, 0.4) is 0 Å². The minimum absolute atomic E-state index is 0.0314. The lowest BCUT2D eigenvalue weighted by Crippen LogP contribution is -2.33. The van der Waals surface area contributed by atoms with E-state index in [1.807, 2.05) is 18.2 Å². The number of carbonyl (C=O) groups is 1. The molecule has 2 atom stereocenters. The van der Waals surface area contributed by atoms with Gasteiger partial charge in [-0.1, -0.05) is 18.2 Å². The van der Waals surface area contributed by atoms with Gasteiger partial charge in [-0.2, -0.15) is 0 Å². The van der Waals surface area contributed by atoms with Crippen LogP contribution < -0.4 is 0 Å². The summed E-state index contributed by atoms with van der Waals surface area (Å²) in [5.74, 6) is 0.802. The molecule has 1 aliphatic carbocycles. The summed E-state index contributed by atoms with van der Waals surface area (Å²) in [6.07, 6.45) is 9.71. The number of Topliss-reactive ketones (excluding diaryl/α,β-unsaturated/α-hetero) is 1. The van der Waals surface area contributed by atoms with Crippen LogP contribution in [0, 0.1) is 0 Å². The van der Waals surface area contributed by atoms with Gasteiger partial charge in [-0.15, -0.1) is 11.8 Å². The van der Waals surface area contributed by atoms with Crippen molar-refractivity contribution in [1.29, 1.82) is 0 Å². The Hall–Kier alpha value is -0.960. The Kier molecular flexibility index (Phi) is 1.31. The first-order valence-electron chi connectivity index (χ1n) is 4.22. The second kappa shape index (κ2) is 2.29. The van der Waals surface area contributed by atoms with Crippen molar-refractivity contribution in [3.05, 3.63) is 36.1 Å². The molecule has 2 aliphatic heterocycles. The van der Waals surface area contributed by atoms with Crippen molar-refractivity contribution < 1.29 is 9.53 Å². The van der Waals surface area contributed by atoms with E-state index in [0.717, 1.165) is 5.57 Å². The van der Waals surface area contributed by atoms with Crippen LogP contribution in [0.1, 0.15) is 0 Å². The second-order valence-corrected chi connectivity index (χ2v) is 4.59. The van der Waals surface area contributed by atoms with Crippen molar-refractivity contribution in [1.82, 2.24) is 0 Å². The Balaban J connectivity index is 2.14. The third kappa shape index (κ3) is 0.779. The molecule has 0 saturated carbocycles. The van der Waals surface area contributed by atoms with Crippen LogP contribution >= 0.6 is 11.8 Å². The summed E-state index contributed by atoms with van der Waals surface area (Å²) in [5, 5.41) is 0. The zero-order valence-electron chi connectivity index (χ0n) is 6.90. The first kappa shape index (κ1) is 7.44. The maximum atomic E-state index is 11.5. The Labute approximate surface area is 80.3 Å². The molecular weight excluding hydrogens is 184 g/mol. The molecule has 2 heterocycles. The smallest absolute Gasteiger partial charge is 0.173 e. The average molecular weight is 192 g/mol. The number of thioether (sulfide) groups is 1. The topological polar surface area (TPSA) is 26.3 Å². The fraction of sp³-hybridized carbons (Fsp3) is 0.300. The highest BCUT2D eigenvalue weighted by atomic mass is 32.2. The highest BCUT2D eigenvalue weighted by Crippen LogP contribution is 2.50. The van der Waals surface area contributed by atoms with Crippen LogP contribution in [-0.2, 0) is 9.53 Å². The summed E-state index contributed by atoms with van der Waals surface area (Å²) in [6.45, 7) is 0. The van der Waals surface area contributed by atoms with Crippen molar-refractivity contribution >= 4 is 17.5 Å². The van der Waals surface area contributed by atoms with Gasteiger partial charge in [-0.05, 0) is 6.08 Å². The van der Waals surface area contributed by atoms with Crippen molar-refractivity contribution in [2.24, 2.45) is 0 Å². The maximum Gasteiger partial charge on any atom is 0.173 e. The first-order valence-corrected chi connectivity index (χ1v) is 5.21. The zero-order chi connectivity index (χ0) is 8.89. The van der Waals surface area contributed by atoms with Gasteiger partial charge in [0.25, 0.3) is 0 Å². The largest absolute Gasteiger partial charge is 0.491 e. The summed E-state index contributed by atoms with van der Waals surface area (Å²) in [7, 11) is 0. The van der Waals surface area contributed by atoms with E-state index < -0.39 is 0 Å². The number of rotatable bonds is 0. The van der Waals surface area contributed by atoms with Gasteiger partial charge in [0, 0.05) is 0 Å². The second-order valence-electron chi connectivity index (χ2n) is 3.34. The highest BCUT2D eigenvalue weighted by Gasteiger charge is 2.52. The van der Waals surface area contributed by atoms with E-state index in [1.54, 1.807) is 18.0 Å². The molecule has 0 radical (unpaired) electrons. The van der Waals surface area contributed by atoms with Crippen LogP contribution in [-0.4, -0.2) is 22.4 Å². The van der Waals surface area contributed by atoms with E-state index in [4.69, 9.17) is 4.74 Å². The molecule has 1 fully saturated rings. The lowest BCUT2D eigenvalue weighted by atomic mass is 9.89. The van der Waals surface area contributed by atoms with E-state index in [9.17, 15) is 4.79 Å². The van der Waals surface area contributed by atoms with E-state index in [-0.39, 0.29) is 16.6 Å². The van der Waals surface area contributed by atoms with Gasteiger partial charge < -0.3 is 4.74 Å². The maximum absolute atomic E-state index is 11.5. The molecular formula is C10H8O2S. The quantitative estimate of drug-likeness (QED) is 0.581. The van der Waals surface area contributed by atoms with Crippen molar-refractivity contribution in [2.45, 2.75) is 10.9 Å². The van der Waals surface area contributed by atoms with Gasteiger partial charge >= 0.3 is 0 Å². The van der Waals surface area contributed by atoms with Crippen LogP contribution in [0.5, 0.6) is 0 Å². The van der Waals surface area contributed by atoms with Gasteiger partial charge in [-0.25, -0.2) is 0 Å². The molecule has 66 valence electrons. The molecule has 1 spiro atoms. The number of hydrogen-bond donors (Lipinski definition) is 0. The fourth-order valence-electron chi connectivity index (χ4n) is 1.98. The first-order chi connectivity index (χ1) is 6.33. The van der Waals surface area contributed by atoms with Crippen LogP contribution in [0.4, 0.5) is 0 Å². The Bertz CT molecular complexity index is 367. The minimum atomic E-state index is -0.189. The summed E-state index contributed by atoms with van der Waals surface area (Å²) in [6, 6.07) is 0. The molecule has 1 saturated heterocycles. The Morgan fingerprint density at radius 3 is 3.38 bits per heavy atom. The lowest BCUT2D eigenvalue weighted by Gasteiger charge is -2.27. The fourth-order valence-corrected chi connectivity index (χ4v) is 3.29.